The van der Waals surface area contributed by atoms with Gasteiger partial charge in [-0.15, -0.1) is 0 Å². The molecule has 17 heavy (non-hydrogen) atoms. The number of benzene rings is 2. The second-order valence-electron chi connectivity index (χ2n) is 3.64. The van der Waals surface area contributed by atoms with Gasteiger partial charge in [0.05, 0.1) is 0 Å². The van der Waals surface area contributed by atoms with E-state index in [9.17, 15) is 4.79 Å². The van der Waals surface area contributed by atoms with E-state index in [-0.39, 0.29) is 6.61 Å². The fourth-order valence-corrected chi connectivity index (χ4v) is 1.56. The van der Waals surface area contributed by atoms with E-state index in [1.807, 2.05) is 36.4 Å². The number of hydrogen-bond donors (Lipinski definition) is 2. The minimum absolute atomic E-state index is 0.261. The maximum atomic E-state index is 10.5. The van der Waals surface area contributed by atoms with E-state index < -0.39 is 12.1 Å². The molecule has 0 aliphatic carbocycles. The number of aliphatic hydroxyl groups is 1. The number of hydrogen-bond acceptors (Lipinski definition) is 3. The number of aliphatic carboxylic acids is 1. The summed E-state index contributed by atoms with van der Waals surface area (Å²) in [4.78, 5) is 10.5. The van der Waals surface area contributed by atoms with Crippen molar-refractivity contribution in [1.29, 1.82) is 0 Å². The summed E-state index contributed by atoms with van der Waals surface area (Å²) in [6, 6.07) is 13.1. The topological polar surface area (TPSA) is 66.8 Å². The largest absolute Gasteiger partial charge is 0.490 e. The zero-order valence-corrected chi connectivity index (χ0v) is 9.04. The summed E-state index contributed by atoms with van der Waals surface area (Å²) in [5, 5.41) is 19.6. The number of fused-ring (bicyclic) bond motifs is 1. The van der Waals surface area contributed by atoms with Gasteiger partial charge >= 0.3 is 5.97 Å². The number of ether oxygens (including phenoxy) is 1. The Labute approximate surface area is 98.1 Å². The number of carboxylic acids is 1. The van der Waals surface area contributed by atoms with Crippen molar-refractivity contribution in [3.63, 3.8) is 0 Å². The van der Waals surface area contributed by atoms with Crippen LogP contribution >= 0.6 is 0 Å². The third-order valence-electron chi connectivity index (χ3n) is 2.43. The van der Waals surface area contributed by atoms with Gasteiger partial charge in [-0.1, -0.05) is 36.4 Å². The van der Waals surface area contributed by atoms with Crippen molar-refractivity contribution in [2.24, 2.45) is 0 Å². The Kier molecular flexibility index (Phi) is 3.25. The number of aliphatic hydroxyl groups excluding tert-OH is 1. The highest BCUT2D eigenvalue weighted by Crippen LogP contribution is 2.25. The van der Waals surface area contributed by atoms with Crippen LogP contribution in [0.3, 0.4) is 0 Å². The minimum atomic E-state index is -1.51. The molecule has 4 heteroatoms. The molecule has 0 heterocycles. The molecule has 4 nitrogen and oxygen atoms in total. The molecule has 0 saturated carbocycles. The van der Waals surface area contributed by atoms with Crippen LogP contribution in [-0.4, -0.2) is 28.9 Å². The van der Waals surface area contributed by atoms with Crippen molar-refractivity contribution in [1.82, 2.24) is 0 Å². The quantitative estimate of drug-likeness (QED) is 0.841. The summed E-state index contributed by atoms with van der Waals surface area (Å²) >= 11 is 0. The Bertz CT molecular complexity index is 530. The molecular formula is C13H12O4. The average molecular weight is 232 g/mol. The van der Waals surface area contributed by atoms with Gasteiger partial charge in [0, 0.05) is 5.39 Å². The van der Waals surface area contributed by atoms with Crippen LogP contribution < -0.4 is 4.74 Å². The molecule has 0 spiro atoms. The first-order valence-electron chi connectivity index (χ1n) is 5.20. The zero-order chi connectivity index (χ0) is 12.3. The lowest BCUT2D eigenvalue weighted by atomic mass is 10.1. The molecule has 0 saturated heterocycles. The highest BCUT2D eigenvalue weighted by Gasteiger charge is 2.14. The predicted molar refractivity (Wildman–Crippen MR) is 63.1 cm³/mol. The lowest BCUT2D eigenvalue weighted by molar-refractivity contribution is -0.148. The van der Waals surface area contributed by atoms with Crippen LogP contribution in [0.2, 0.25) is 0 Å². The molecular weight excluding hydrogens is 220 g/mol. The van der Waals surface area contributed by atoms with Gasteiger partial charge in [0.15, 0.2) is 6.10 Å². The molecule has 2 aromatic carbocycles. The first-order valence-corrected chi connectivity index (χ1v) is 5.20. The Morgan fingerprint density at radius 2 is 1.88 bits per heavy atom. The monoisotopic (exact) mass is 232 g/mol. The third kappa shape index (κ3) is 2.54. The van der Waals surface area contributed by atoms with Crippen molar-refractivity contribution in [2.45, 2.75) is 6.10 Å². The summed E-state index contributed by atoms with van der Waals surface area (Å²) in [6.45, 7) is -0.261. The molecule has 0 unspecified atom stereocenters. The fourth-order valence-electron chi connectivity index (χ4n) is 1.56. The molecule has 0 radical (unpaired) electrons. The van der Waals surface area contributed by atoms with Crippen LogP contribution in [0.5, 0.6) is 5.75 Å². The second kappa shape index (κ2) is 4.84. The van der Waals surface area contributed by atoms with Gasteiger partial charge in [0.2, 0.25) is 0 Å². The minimum Gasteiger partial charge on any atom is -0.490 e. The van der Waals surface area contributed by atoms with Crippen LogP contribution in [0.4, 0.5) is 0 Å². The molecule has 0 aliphatic heterocycles. The van der Waals surface area contributed by atoms with Crippen molar-refractivity contribution >= 4 is 16.7 Å². The van der Waals surface area contributed by atoms with E-state index >= 15 is 0 Å². The Morgan fingerprint density at radius 1 is 1.18 bits per heavy atom. The van der Waals surface area contributed by atoms with E-state index in [2.05, 4.69) is 0 Å². The van der Waals surface area contributed by atoms with Gasteiger partial charge in [-0.3, -0.25) is 0 Å². The molecule has 0 bridgehead atoms. The molecule has 88 valence electrons. The highest BCUT2D eigenvalue weighted by atomic mass is 16.5. The molecule has 0 fully saturated rings. The van der Waals surface area contributed by atoms with Gasteiger partial charge < -0.3 is 14.9 Å². The number of carbonyl (C=O) groups is 1. The average Bonchev–Trinajstić information content (AvgIpc) is 2.35. The molecule has 0 aliphatic rings. The van der Waals surface area contributed by atoms with Crippen LogP contribution in [0, 0.1) is 0 Å². The lowest BCUT2D eigenvalue weighted by Crippen LogP contribution is -2.26. The summed E-state index contributed by atoms with van der Waals surface area (Å²) in [5.74, 6) is -0.714. The summed E-state index contributed by atoms with van der Waals surface area (Å²) < 4.78 is 5.31. The first-order chi connectivity index (χ1) is 8.18. The zero-order valence-electron chi connectivity index (χ0n) is 9.04. The molecule has 2 rings (SSSR count). The maximum absolute atomic E-state index is 10.5. The second-order valence-corrected chi connectivity index (χ2v) is 3.64. The molecule has 0 aromatic heterocycles. The Balaban J connectivity index is 2.21. The maximum Gasteiger partial charge on any atom is 0.336 e. The molecule has 2 aromatic rings. The van der Waals surface area contributed by atoms with Crippen LogP contribution in [0.25, 0.3) is 10.8 Å². The highest BCUT2D eigenvalue weighted by molar-refractivity contribution is 5.88. The Hall–Kier alpha value is -2.07. The first kappa shape index (κ1) is 11.4. The smallest absolute Gasteiger partial charge is 0.336 e. The molecule has 2 N–H and O–H groups in total. The predicted octanol–water partition coefficient (Wildman–Crippen LogP) is 1.66. The van der Waals surface area contributed by atoms with Crippen molar-refractivity contribution in [3.05, 3.63) is 42.5 Å². The van der Waals surface area contributed by atoms with E-state index in [1.54, 1.807) is 6.07 Å². The summed E-state index contributed by atoms with van der Waals surface area (Å²) in [6.07, 6.45) is -1.51. The van der Waals surface area contributed by atoms with E-state index in [0.717, 1.165) is 10.8 Å². The van der Waals surface area contributed by atoms with Crippen LogP contribution in [0.15, 0.2) is 42.5 Å². The van der Waals surface area contributed by atoms with E-state index in [4.69, 9.17) is 14.9 Å². The summed E-state index contributed by atoms with van der Waals surface area (Å²) in [5.41, 5.74) is 0. The van der Waals surface area contributed by atoms with Gasteiger partial charge in [-0.05, 0) is 11.5 Å². The van der Waals surface area contributed by atoms with Crippen molar-refractivity contribution in [3.8, 4) is 5.75 Å². The SMILES string of the molecule is O=C(O)[C@H](O)COc1cccc2ccccc12. The van der Waals surface area contributed by atoms with Gasteiger partial charge in [0.25, 0.3) is 0 Å². The summed E-state index contributed by atoms with van der Waals surface area (Å²) in [7, 11) is 0. The molecule has 0 amide bonds. The van der Waals surface area contributed by atoms with Crippen LogP contribution in [-0.2, 0) is 4.79 Å². The number of rotatable bonds is 4. The van der Waals surface area contributed by atoms with Crippen molar-refractivity contribution < 1.29 is 19.7 Å². The fraction of sp³-hybridized carbons (Fsp3) is 0.154. The third-order valence-corrected chi connectivity index (χ3v) is 2.43. The van der Waals surface area contributed by atoms with E-state index in [0.29, 0.717) is 5.75 Å². The molecule has 1 atom stereocenters. The standard InChI is InChI=1S/C13H12O4/c14-11(13(15)16)8-17-12-7-3-5-9-4-1-2-6-10(9)12/h1-7,11,14H,8H2,(H,15,16)/t11-/m1/s1. The van der Waals surface area contributed by atoms with E-state index in [1.165, 1.54) is 0 Å². The Morgan fingerprint density at radius 3 is 2.65 bits per heavy atom. The van der Waals surface area contributed by atoms with Gasteiger partial charge in [0.1, 0.15) is 12.4 Å². The van der Waals surface area contributed by atoms with Crippen molar-refractivity contribution in [2.75, 3.05) is 6.61 Å². The van der Waals surface area contributed by atoms with Crippen LogP contribution in [0.1, 0.15) is 0 Å². The van der Waals surface area contributed by atoms with Gasteiger partial charge in [-0.2, -0.15) is 0 Å². The van der Waals surface area contributed by atoms with Gasteiger partial charge in [-0.25, -0.2) is 4.79 Å². The normalized spacial score (nSPS) is 12.3. The number of carboxylic acid groups (broad SMARTS) is 1. The lowest BCUT2D eigenvalue weighted by Gasteiger charge is -2.10.